The number of nitrogen functional groups attached to an aromatic ring is 1. The smallest absolute Gasteiger partial charge is 0.192 e. The van der Waals surface area contributed by atoms with Crippen LogP contribution < -0.4 is 5.73 Å². The molecule has 196 valence electrons. The lowest BCUT2D eigenvalue weighted by Gasteiger charge is -2.06. The van der Waals surface area contributed by atoms with E-state index in [0.29, 0.717) is 23.6 Å². The van der Waals surface area contributed by atoms with Crippen LogP contribution in [-0.2, 0) is 6.42 Å². The molecule has 2 N–H and O–H groups in total. The lowest BCUT2D eigenvalue weighted by Crippen LogP contribution is -1.98. The van der Waals surface area contributed by atoms with E-state index in [2.05, 4.69) is 67.7 Å². The summed E-state index contributed by atoms with van der Waals surface area (Å²) in [5, 5.41) is 0. The average Bonchev–Trinajstić information content (AvgIpc) is 3.82. The van der Waals surface area contributed by atoms with E-state index in [1.54, 1.807) is 18.3 Å². The Labute approximate surface area is 230 Å². The Kier molecular flexibility index (Phi) is 8.97. The quantitative estimate of drug-likeness (QED) is 0.283. The van der Waals surface area contributed by atoms with Crippen LogP contribution >= 0.6 is 0 Å². The Morgan fingerprint density at radius 1 is 0.692 bits per heavy atom. The third kappa shape index (κ3) is 8.72. The van der Waals surface area contributed by atoms with Gasteiger partial charge in [0.2, 0.25) is 0 Å². The van der Waals surface area contributed by atoms with E-state index in [1.807, 2.05) is 13.0 Å². The Hall–Kier alpha value is -4.62. The zero-order valence-electron chi connectivity index (χ0n) is 22.7. The third-order valence-corrected chi connectivity index (χ3v) is 6.42. The molecule has 7 heteroatoms. The number of hydrogen-bond donors (Lipinski definition) is 1. The van der Waals surface area contributed by atoms with Crippen LogP contribution in [0.2, 0.25) is 0 Å². The van der Waals surface area contributed by atoms with Crippen molar-refractivity contribution < 1.29 is 0 Å². The lowest BCUT2D eigenvalue weighted by atomic mass is 10.1. The number of nitrogens with two attached hydrogens (primary N) is 1. The van der Waals surface area contributed by atoms with Gasteiger partial charge in [-0.15, -0.1) is 0 Å². The van der Waals surface area contributed by atoms with Gasteiger partial charge in [-0.05, 0) is 118 Å². The Morgan fingerprint density at radius 2 is 1.21 bits per heavy atom. The fourth-order valence-electron chi connectivity index (χ4n) is 4.35. The molecule has 2 saturated carbocycles. The van der Waals surface area contributed by atoms with Crippen molar-refractivity contribution in [3.05, 3.63) is 123 Å². The molecule has 2 fully saturated rings. The van der Waals surface area contributed by atoms with Gasteiger partial charge in [0.15, 0.2) is 11.4 Å². The predicted octanol–water partition coefficient (Wildman–Crippen LogP) is 7.59. The van der Waals surface area contributed by atoms with Crippen LogP contribution in [0.25, 0.3) is 9.69 Å². The molecule has 2 aliphatic carbocycles. The molecule has 0 saturated heterocycles. The minimum absolute atomic E-state index is 0.392. The molecule has 0 spiro atoms. The van der Waals surface area contributed by atoms with Gasteiger partial charge in [0.1, 0.15) is 5.82 Å². The van der Waals surface area contributed by atoms with Crippen molar-refractivity contribution >= 4 is 17.2 Å². The van der Waals surface area contributed by atoms with Gasteiger partial charge in [0.25, 0.3) is 0 Å². The van der Waals surface area contributed by atoms with Gasteiger partial charge in [0, 0.05) is 47.3 Å². The van der Waals surface area contributed by atoms with Gasteiger partial charge < -0.3 is 5.73 Å². The number of pyridine rings is 4. The summed E-state index contributed by atoms with van der Waals surface area (Å²) < 4.78 is 0. The molecule has 4 aromatic rings. The normalized spacial score (nSPS) is 13.6. The minimum Gasteiger partial charge on any atom is -0.385 e. The van der Waals surface area contributed by atoms with Gasteiger partial charge in [-0.1, -0.05) is 0 Å². The fourth-order valence-corrected chi connectivity index (χ4v) is 4.35. The number of nitrogens with zero attached hydrogens (tertiary/aromatic N) is 6. The number of hydrogen-bond acceptors (Lipinski definition) is 5. The number of aromatic nitrogens is 4. The second-order valence-corrected chi connectivity index (χ2v) is 10.1. The largest absolute Gasteiger partial charge is 0.385 e. The molecule has 0 atom stereocenters. The Morgan fingerprint density at radius 3 is 1.72 bits per heavy atom. The van der Waals surface area contributed by atoms with E-state index in [1.165, 1.54) is 49.1 Å². The first-order valence-corrected chi connectivity index (χ1v) is 13.2. The van der Waals surface area contributed by atoms with E-state index in [0.717, 1.165) is 40.3 Å². The van der Waals surface area contributed by atoms with Crippen molar-refractivity contribution in [3.8, 4) is 0 Å². The van der Waals surface area contributed by atoms with Crippen molar-refractivity contribution in [2.24, 2.45) is 0 Å². The summed E-state index contributed by atoms with van der Waals surface area (Å²) in [7, 11) is 0. The SMILES string of the molecule is Cc1cc(C2CC2)cc(C)n1.[C-]#[N+]c1ccnc(Cc2cc(C3CC3)cc(C)n2)c1.[C-]#[N+]c1ccnc(N)c1. The summed E-state index contributed by atoms with van der Waals surface area (Å²) in [4.78, 5) is 23.6. The fraction of sp³-hybridized carbons (Fsp3) is 0.312. The van der Waals surface area contributed by atoms with Gasteiger partial charge >= 0.3 is 0 Å². The van der Waals surface area contributed by atoms with Crippen LogP contribution in [-0.4, -0.2) is 19.9 Å². The third-order valence-electron chi connectivity index (χ3n) is 6.42. The number of aryl methyl sites for hydroxylation is 3. The molecular formula is C32H33N7. The van der Waals surface area contributed by atoms with E-state index in [4.69, 9.17) is 18.9 Å². The van der Waals surface area contributed by atoms with Crippen LogP contribution in [0, 0.1) is 33.9 Å². The van der Waals surface area contributed by atoms with Crippen molar-refractivity contribution in [2.75, 3.05) is 5.73 Å². The Balaban J connectivity index is 0.000000149. The maximum absolute atomic E-state index is 7.03. The minimum atomic E-state index is 0.392. The van der Waals surface area contributed by atoms with Gasteiger partial charge in [-0.2, -0.15) is 0 Å². The molecule has 2 aliphatic rings. The highest BCUT2D eigenvalue weighted by Gasteiger charge is 2.24. The van der Waals surface area contributed by atoms with E-state index >= 15 is 0 Å². The monoisotopic (exact) mass is 515 g/mol. The summed E-state index contributed by atoms with van der Waals surface area (Å²) in [5.74, 6) is 1.99. The molecule has 6 rings (SSSR count). The highest BCUT2D eigenvalue weighted by atomic mass is 14.8. The summed E-state index contributed by atoms with van der Waals surface area (Å²) in [6, 6.07) is 15.5. The molecule has 0 aliphatic heterocycles. The van der Waals surface area contributed by atoms with Crippen molar-refractivity contribution in [3.63, 3.8) is 0 Å². The standard InChI is InChI=1S/C16H15N3.C10H13N.C6H5N3/c1-11-7-13(12-3-4-12)8-16(19-11)10-15-9-14(17-2)5-6-18-15;1-7-5-10(9-3-4-9)6-8(2)11-7;1-8-5-2-3-9-6(7)4-5/h5-9,12H,3-4,10H2,1H3;5-6,9H,3-4H2,1-2H3;2-4H,(H2,7,9). The van der Waals surface area contributed by atoms with Crippen LogP contribution in [0.5, 0.6) is 0 Å². The zero-order valence-corrected chi connectivity index (χ0v) is 22.7. The van der Waals surface area contributed by atoms with Crippen molar-refractivity contribution in [1.82, 2.24) is 19.9 Å². The van der Waals surface area contributed by atoms with E-state index in [-0.39, 0.29) is 0 Å². The van der Waals surface area contributed by atoms with Gasteiger partial charge in [0.05, 0.1) is 13.1 Å². The summed E-state index contributed by atoms with van der Waals surface area (Å²) in [6.07, 6.45) is 9.27. The van der Waals surface area contributed by atoms with Crippen molar-refractivity contribution in [2.45, 2.75) is 64.7 Å². The molecule has 4 heterocycles. The number of rotatable bonds is 4. The van der Waals surface area contributed by atoms with E-state index in [9.17, 15) is 0 Å². The first-order chi connectivity index (χ1) is 18.8. The van der Waals surface area contributed by atoms with Gasteiger partial charge in [-0.25, -0.2) is 14.7 Å². The zero-order chi connectivity index (χ0) is 27.8. The molecule has 0 unspecified atom stereocenters. The summed E-state index contributed by atoms with van der Waals surface area (Å²) in [5.41, 5.74) is 14.7. The number of anilines is 1. The molecular weight excluding hydrogens is 482 g/mol. The molecule has 0 bridgehead atoms. The second-order valence-electron chi connectivity index (χ2n) is 10.1. The van der Waals surface area contributed by atoms with Crippen molar-refractivity contribution in [1.29, 1.82) is 0 Å². The topological polar surface area (TPSA) is 86.3 Å². The van der Waals surface area contributed by atoms with Crippen LogP contribution in [0.1, 0.15) is 77.1 Å². The molecule has 7 nitrogen and oxygen atoms in total. The molecule has 4 aromatic heterocycles. The maximum atomic E-state index is 7.03. The molecule has 39 heavy (non-hydrogen) atoms. The Bertz CT molecular complexity index is 1500. The van der Waals surface area contributed by atoms with Gasteiger partial charge in [-0.3, -0.25) is 15.0 Å². The summed E-state index contributed by atoms with van der Waals surface area (Å²) >= 11 is 0. The molecule has 0 radical (unpaired) electrons. The first kappa shape index (κ1) is 27.4. The van der Waals surface area contributed by atoms with Crippen LogP contribution in [0.15, 0.2) is 60.9 Å². The predicted molar refractivity (Wildman–Crippen MR) is 155 cm³/mol. The highest BCUT2D eigenvalue weighted by Crippen LogP contribution is 2.41. The van der Waals surface area contributed by atoms with Crippen LogP contribution in [0.4, 0.5) is 17.2 Å². The summed E-state index contributed by atoms with van der Waals surface area (Å²) in [6.45, 7) is 19.8. The second kappa shape index (κ2) is 12.8. The first-order valence-electron chi connectivity index (χ1n) is 13.2. The molecule has 0 aromatic carbocycles. The van der Waals surface area contributed by atoms with Crippen LogP contribution in [0.3, 0.4) is 0 Å². The maximum Gasteiger partial charge on any atom is 0.192 e. The highest BCUT2D eigenvalue weighted by molar-refractivity contribution is 5.50. The average molecular weight is 516 g/mol. The van der Waals surface area contributed by atoms with E-state index < -0.39 is 0 Å². The molecule has 0 amide bonds. The lowest BCUT2D eigenvalue weighted by molar-refractivity contribution is 0.968.